The second kappa shape index (κ2) is 9.27. The van der Waals surface area contributed by atoms with E-state index in [0.29, 0.717) is 42.6 Å². The predicted octanol–water partition coefficient (Wildman–Crippen LogP) is 2.85. The lowest BCUT2D eigenvalue weighted by atomic mass is 10.0. The highest BCUT2D eigenvalue weighted by Crippen LogP contribution is 2.34. The quantitative estimate of drug-likeness (QED) is 0.474. The van der Waals surface area contributed by atoms with Gasteiger partial charge in [-0.1, -0.05) is 6.08 Å². The molecule has 0 saturated heterocycles. The van der Waals surface area contributed by atoms with Gasteiger partial charge in [0.2, 0.25) is 0 Å². The Hall–Kier alpha value is -2.50. The number of amides is 1. The average molecular weight is 361 g/mol. The summed E-state index contributed by atoms with van der Waals surface area (Å²) in [5.74, 6) is 0.923. The highest BCUT2D eigenvalue weighted by molar-refractivity contribution is 5.97. The first-order chi connectivity index (χ1) is 12.5. The number of carbonyl (C=O) groups is 2. The van der Waals surface area contributed by atoms with Crippen molar-refractivity contribution < 1.29 is 23.8 Å². The first kappa shape index (κ1) is 19.8. The van der Waals surface area contributed by atoms with E-state index in [0.717, 1.165) is 18.4 Å². The number of ether oxygens (including phenoxy) is 3. The molecule has 0 unspecified atom stereocenters. The highest BCUT2D eigenvalue weighted by Gasteiger charge is 2.29. The van der Waals surface area contributed by atoms with E-state index >= 15 is 0 Å². The van der Waals surface area contributed by atoms with E-state index in [9.17, 15) is 9.59 Å². The highest BCUT2D eigenvalue weighted by atomic mass is 16.5. The Bertz CT molecular complexity index is 666. The van der Waals surface area contributed by atoms with Crippen LogP contribution in [0.3, 0.4) is 0 Å². The van der Waals surface area contributed by atoms with Gasteiger partial charge in [0.1, 0.15) is 6.54 Å². The average Bonchev–Trinajstić information content (AvgIpc) is 3.44. The van der Waals surface area contributed by atoms with Crippen molar-refractivity contribution >= 4 is 11.9 Å². The summed E-state index contributed by atoms with van der Waals surface area (Å²) in [5, 5.41) is 0. The van der Waals surface area contributed by atoms with Crippen LogP contribution in [0.5, 0.6) is 11.5 Å². The molecule has 1 aromatic carbocycles. The third-order valence-electron chi connectivity index (χ3n) is 4.26. The molecule has 0 N–H and O–H groups in total. The molecule has 1 fully saturated rings. The Morgan fingerprint density at radius 2 is 2.00 bits per heavy atom. The summed E-state index contributed by atoms with van der Waals surface area (Å²) in [4.78, 5) is 26.5. The molecule has 6 nitrogen and oxygen atoms in total. The van der Waals surface area contributed by atoms with Crippen molar-refractivity contribution in [2.45, 2.75) is 26.2 Å². The van der Waals surface area contributed by atoms with Crippen molar-refractivity contribution in [1.82, 2.24) is 4.90 Å². The van der Waals surface area contributed by atoms with Crippen LogP contribution in [0.25, 0.3) is 0 Å². The van der Waals surface area contributed by atoms with Gasteiger partial charge in [0.25, 0.3) is 5.91 Å². The zero-order valence-corrected chi connectivity index (χ0v) is 15.7. The van der Waals surface area contributed by atoms with Crippen LogP contribution in [0.15, 0.2) is 24.8 Å². The lowest BCUT2D eigenvalue weighted by Gasteiger charge is -2.23. The Labute approximate surface area is 154 Å². The molecular weight excluding hydrogens is 334 g/mol. The van der Waals surface area contributed by atoms with E-state index in [4.69, 9.17) is 14.2 Å². The first-order valence-corrected chi connectivity index (χ1v) is 8.84. The number of rotatable bonds is 10. The fourth-order valence-electron chi connectivity index (χ4n) is 2.85. The summed E-state index contributed by atoms with van der Waals surface area (Å²) in [6, 6.07) is 3.43. The van der Waals surface area contributed by atoms with E-state index in [-0.39, 0.29) is 12.5 Å². The first-order valence-electron chi connectivity index (χ1n) is 8.84. The van der Waals surface area contributed by atoms with Gasteiger partial charge < -0.3 is 19.1 Å². The predicted molar refractivity (Wildman–Crippen MR) is 98.7 cm³/mol. The lowest BCUT2D eigenvalue weighted by Crippen LogP contribution is -2.38. The van der Waals surface area contributed by atoms with Crippen LogP contribution < -0.4 is 9.47 Å². The van der Waals surface area contributed by atoms with E-state index < -0.39 is 5.97 Å². The van der Waals surface area contributed by atoms with Crippen LogP contribution in [-0.2, 0) is 16.0 Å². The maximum absolute atomic E-state index is 13.1. The topological polar surface area (TPSA) is 65.1 Å². The van der Waals surface area contributed by atoms with Crippen LogP contribution >= 0.6 is 0 Å². The van der Waals surface area contributed by atoms with Crippen molar-refractivity contribution in [1.29, 1.82) is 0 Å². The largest absolute Gasteiger partial charge is 0.493 e. The van der Waals surface area contributed by atoms with Crippen LogP contribution in [0.1, 0.15) is 35.7 Å². The van der Waals surface area contributed by atoms with Gasteiger partial charge in [-0.2, -0.15) is 0 Å². The van der Waals surface area contributed by atoms with Crippen LogP contribution in [0, 0.1) is 5.92 Å². The minimum Gasteiger partial charge on any atom is -0.493 e. The molecule has 1 aromatic rings. The van der Waals surface area contributed by atoms with E-state index in [1.54, 1.807) is 37.1 Å². The van der Waals surface area contributed by atoms with Crippen LogP contribution in [0.4, 0.5) is 0 Å². The van der Waals surface area contributed by atoms with E-state index in [1.165, 1.54) is 7.11 Å². The van der Waals surface area contributed by atoms with Gasteiger partial charge >= 0.3 is 5.97 Å². The fourth-order valence-corrected chi connectivity index (χ4v) is 2.85. The molecule has 0 atom stereocenters. The van der Waals surface area contributed by atoms with Gasteiger partial charge in [0.15, 0.2) is 11.5 Å². The zero-order valence-electron chi connectivity index (χ0n) is 15.7. The second-order valence-electron chi connectivity index (χ2n) is 6.30. The number of hydrogen-bond donors (Lipinski definition) is 0. The Morgan fingerprint density at radius 3 is 2.54 bits per heavy atom. The van der Waals surface area contributed by atoms with Gasteiger partial charge in [0, 0.05) is 17.7 Å². The zero-order chi connectivity index (χ0) is 19.1. The molecule has 1 amide bonds. The summed E-state index contributed by atoms with van der Waals surface area (Å²) in [5.41, 5.74) is 1.28. The molecule has 142 valence electrons. The summed E-state index contributed by atoms with van der Waals surface area (Å²) >= 11 is 0. The molecule has 0 spiro atoms. The molecular formula is C20H27NO5. The lowest BCUT2D eigenvalue weighted by molar-refractivity contribution is -0.143. The maximum Gasteiger partial charge on any atom is 0.325 e. The number of allylic oxidation sites excluding steroid dienone is 1. The maximum atomic E-state index is 13.1. The normalized spacial score (nSPS) is 13.0. The molecule has 2 rings (SSSR count). The third kappa shape index (κ3) is 5.00. The Kier molecular flexibility index (Phi) is 7.06. The monoisotopic (exact) mass is 361 g/mol. The number of esters is 1. The smallest absolute Gasteiger partial charge is 0.325 e. The number of benzene rings is 1. The molecule has 0 aliphatic heterocycles. The molecule has 0 bridgehead atoms. The van der Waals surface area contributed by atoms with Crippen LogP contribution in [0.2, 0.25) is 0 Å². The van der Waals surface area contributed by atoms with Crippen LogP contribution in [-0.4, -0.2) is 50.7 Å². The molecule has 1 saturated carbocycles. The number of carbonyl (C=O) groups excluding carboxylic acids is 2. The molecule has 0 heterocycles. The van der Waals surface area contributed by atoms with Gasteiger partial charge in [-0.05, 0) is 44.2 Å². The number of methoxy groups -OCH3 is 2. The molecule has 26 heavy (non-hydrogen) atoms. The molecule has 0 radical (unpaired) electrons. The summed E-state index contributed by atoms with van der Waals surface area (Å²) < 4.78 is 15.8. The number of hydrogen-bond acceptors (Lipinski definition) is 5. The van der Waals surface area contributed by atoms with Crippen molar-refractivity contribution in [3.8, 4) is 11.5 Å². The van der Waals surface area contributed by atoms with E-state index in [1.807, 2.05) is 0 Å². The third-order valence-corrected chi connectivity index (χ3v) is 4.26. The van der Waals surface area contributed by atoms with Crippen molar-refractivity contribution in [2.75, 3.05) is 33.9 Å². The summed E-state index contributed by atoms with van der Waals surface area (Å²) in [6.45, 7) is 6.31. The standard InChI is InChI=1S/C20H27NO5/c1-5-7-15-10-16(11-17(24-3)19(15)25-4)20(23)21(12-14-8-9-14)13-18(22)26-6-2/h5,10-11,14H,1,6-9,12-13H2,2-4H3. The minimum absolute atomic E-state index is 0.0473. The van der Waals surface area contributed by atoms with E-state index in [2.05, 4.69) is 6.58 Å². The van der Waals surface area contributed by atoms with Crippen molar-refractivity contribution in [3.05, 3.63) is 35.9 Å². The van der Waals surface area contributed by atoms with Gasteiger partial charge in [-0.3, -0.25) is 9.59 Å². The Balaban J connectivity index is 2.32. The number of nitrogens with zero attached hydrogens (tertiary/aromatic N) is 1. The summed E-state index contributed by atoms with van der Waals surface area (Å²) in [7, 11) is 3.09. The molecule has 1 aliphatic rings. The molecule has 6 heteroatoms. The van der Waals surface area contributed by atoms with Gasteiger partial charge in [-0.25, -0.2) is 0 Å². The van der Waals surface area contributed by atoms with Gasteiger partial charge in [0.05, 0.1) is 20.8 Å². The van der Waals surface area contributed by atoms with Crippen molar-refractivity contribution in [3.63, 3.8) is 0 Å². The fraction of sp³-hybridized carbons (Fsp3) is 0.500. The second-order valence-corrected chi connectivity index (χ2v) is 6.30. The molecule has 1 aliphatic carbocycles. The SMILES string of the molecule is C=CCc1cc(C(=O)N(CC(=O)OCC)CC2CC2)cc(OC)c1OC. The molecule has 0 aromatic heterocycles. The summed E-state index contributed by atoms with van der Waals surface area (Å²) in [6.07, 6.45) is 4.45. The van der Waals surface area contributed by atoms with Gasteiger partial charge in [-0.15, -0.1) is 6.58 Å². The Morgan fingerprint density at radius 1 is 1.27 bits per heavy atom. The van der Waals surface area contributed by atoms with Crippen molar-refractivity contribution in [2.24, 2.45) is 5.92 Å². The minimum atomic E-state index is -0.395.